The summed E-state index contributed by atoms with van der Waals surface area (Å²) in [5.41, 5.74) is 5.42. The number of nitrogens with one attached hydrogen (secondary N) is 3. The van der Waals surface area contributed by atoms with E-state index in [9.17, 15) is 9.59 Å². The average molecular weight is 565 g/mol. The van der Waals surface area contributed by atoms with Crippen LogP contribution in [0.3, 0.4) is 0 Å². The Kier molecular flexibility index (Phi) is 8.54. The molecule has 3 heterocycles. The summed E-state index contributed by atoms with van der Waals surface area (Å²) in [6.07, 6.45) is 3.46. The number of piperidine rings is 1. The molecule has 218 valence electrons. The molecule has 42 heavy (non-hydrogen) atoms. The fourth-order valence-electron chi connectivity index (χ4n) is 5.57. The van der Waals surface area contributed by atoms with Crippen LogP contribution in [0.25, 0.3) is 5.69 Å². The van der Waals surface area contributed by atoms with Crippen LogP contribution in [0.1, 0.15) is 72.4 Å². The first-order valence-corrected chi connectivity index (χ1v) is 14.6. The number of amides is 2. The van der Waals surface area contributed by atoms with Crippen LogP contribution >= 0.6 is 0 Å². The number of nitrogens with zero attached hydrogens (tertiary/aromatic N) is 3. The molecule has 8 nitrogen and oxygen atoms in total. The van der Waals surface area contributed by atoms with E-state index in [1.807, 2.05) is 74.5 Å². The van der Waals surface area contributed by atoms with E-state index in [4.69, 9.17) is 5.10 Å². The number of anilines is 2. The summed E-state index contributed by atoms with van der Waals surface area (Å²) < 4.78 is 1.76. The predicted molar refractivity (Wildman–Crippen MR) is 168 cm³/mol. The van der Waals surface area contributed by atoms with E-state index < -0.39 is 11.9 Å². The molecule has 1 saturated heterocycles. The van der Waals surface area contributed by atoms with Gasteiger partial charge in [-0.25, -0.2) is 9.48 Å². The Labute approximate surface area is 248 Å². The van der Waals surface area contributed by atoms with Crippen molar-refractivity contribution in [3.8, 4) is 5.69 Å². The summed E-state index contributed by atoms with van der Waals surface area (Å²) in [6, 6.07) is 20.8. The zero-order valence-electron chi connectivity index (χ0n) is 25.1. The molecule has 4 aromatic rings. The van der Waals surface area contributed by atoms with E-state index in [0.717, 1.165) is 48.4 Å². The number of benzene rings is 2. The van der Waals surface area contributed by atoms with Crippen LogP contribution in [0, 0.1) is 19.8 Å². The highest BCUT2D eigenvalue weighted by Gasteiger charge is 2.34. The number of carbonyl (C=O) groups is 2. The molecule has 1 aliphatic heterocycles. The summed E-state index contributed by atoms with van der Waals surface area (Å²) in [7, 11) is 0. The zero-order valence-corrected chi connectivity index (χ0v) is 25.1. The third-order valence-corrected chi connectivity index (χ3v) is 7.95. The van der Waals surface area contributed by atoms with Crippen LogP contribution in [0.4, 0.5) is 16.3 Å². The second-order valence-electron chi connectivity index (χ2n) is 12.1. The molecule has 0 spiro atoms. The van der Waals surface area contributed by atoms with Gasteiger partial charge in [-0.05, 0) is 81.6 Å². The van der Waals surface area contributed by atoms with Crippen LogP contribution in [-0.4, -0.2) is 39.7 Å². The second kappa shape index (κ2) is 12.3. The van der Waals surface area contributed by atoms with Crippen molar-refractivity contribution in [2.75, 3.05) is 23.7 Å². The third-order valence-electron chi connectivity index (χ3n) is 7.95. The van der Waals surface area contributed by atoms with E-state index in [1.54, 1.807) is 16.9 Å². The summed E-state index contributed by atoms with van der Waals surface area (Å²) in [5, 5.41) is 14.3. The standard InChI is InChI=1S/C34H40N6O2/c1-22-12-14-25(15-13-22)40-30(21-29(39-40)34(3,4)5)38-33(42)37-28-11-7-6-9-27(28)31(24-16-19-35-20-17-24)32(41)26-10-8-18-36-23(26)2/h6-15,18,21,24,31,35H,16-17,19-20H2,1-5H3,(H2,37,38,42). The topological polar surface area (TPSA) is 101 Å². The van der Waals surface area contributed by atoms with Gasteiger partial charge in [-0.15, -0.1) is 0 Å². The van der Waals surface area contributed by atoms with Crippen LogP contribution < -0.4 is 16.0 Å². The quantitative estimate of drug-likeness (QED) is 0.215. The van der Waals surface area contributed by atoms with E-state index in [1.165, 1.54) is 0 Å². The van der Waals surface area contributed by atoms with Crippen molar-refractivity contribution in [1.82, 2.24) is 20.1 Å². The largest absolute Gasteiger partial charge is 0.324 e. The van der Waals surface area contributed by atoms with Gasteiger partial charge in [-0.1, -0.05) is 56.7 Å². The second-order valence-corrected chi connectivity index (χ2v) is 12.1. The Balaban J connectivity index is 1.47. The van der Waals surface area contributed by atoms with Gasteiger partial charge in [0.25, 0.3) is 0 Å². The Morgan fingerprint density at radius 1 is 0.952 bits per heavy atom. The molecule has 8 heteroatoms. The van der Waals surface area contributed by atoms with Gasteiger partial charge in [0.05, 0.1) is 17.3 Å². The number of aromatic nitrogens is 3. The highest BCUT2D eigenvalue weighted by atomic mass is 16.2. The van der Waals surface area contributed by atoms with Crippen LogP contribution in [0.5, 0.6) is 0 Å². The van der Waals surface area contributed by atoms with Crippen molar-refractivity contribution >= 4 is 23.3 Å². The lowest BCUT2D eigenvalue weighted by molar-refractivity contribution is 0.0915. The summed E-state index contributed by atoms with van der Waals surface area (Å²) in [4.78, 5) is 32.0. The molecule has 2 aromatic heterocycles. The van der Waals surface area contributed by atoms with E-state index in [-0.39, 0.29) is 17.1 Å². The summed E-state index contributed by atoms with van der Waals surface area (Å²) in [6.45, 7) is 11.9. The maximum absolute atomic E-state index is 14.1. The molecule has 1 fully saturated rings. The normalized spacial score (nSPS) is 14.8. The highest BCUT2D eigenvalue weighted by molar-refractivity contribution is 6.04. The van der Waals surface area contributed by atoms with Crippen molar-refractivity contribution in [1.29, 1.82) is 0 Å². The molecule has 5 rings (SSSR count). The zero-order chi connectivity index (χ0) is 29.9. The van der Waals surface area contributed by atoms with Gasteiger partial charge < -0.3 is 10.6 Å². The Hall–Kier alpha value is -4.30. The SMILES string of the molecule is Cc1ccc(-n2nc(C(C)(C)C)cc2NC(=O)Nc2ccccc2C(C(=O)c2cccnc2C)C2CCNCC2)cc1. The fourth-order valence-corrected chi connectivity index (χ4v) is 5.57. The number of urea groups is 1. The van der Waals surface area contributed by atoms with Crippen molar-refractivity contribution in [2.45, 2.75) is 58.8 Å². The number of hydrogen-bond acceptors (Lipinski definition) is 5. The van der Waals surface area contributed by atoms with Crippen LogP contribution in [0.2, 0.25) is 0 Å². The van der Waals surface area contributed by atoms with Crippen molar-refractivity contribution in [3.63, 3.8) is 0 Å². The Morgan fingerprint density at radius 2 is 1.67 bits per heavy atom. The minimum atomic E-state index is -0.405. The monoisotopic (exact) mass is 564 g/mol. The number of hydrogen-bond donors (Lipinski definition) is 3. The smallest absolute Gasteiger partial charge is 0.317 e. The summed E-state index contributed by atoms with van der Waals surface area (Å²) >= 11 is 0. The molecule has 0 aliphatic carbocycles. The van der Waals surface area contributed by atoms with E-state index >= 15 is 0 Å². The van der Waals surface area contributed by atoms with E-state index in [2.05, 4.69) is 41.7 Å². The van der Waals surface area contributed by atoms with Crippen molar-refractivity contribution in [3.05, 3.63) is 101 Å². The molecule has 1 atom stereocenters. The third kappa shape index (κ3) is 6.44. The maximum Gasteiger partial charge on any atom is 0.324 e. The molecule has 2 aromatic carbocycles. The number of aryl methyl sites for hydroxylation is 2. The number of ketones is 1. The van der Waals surface area contributed by atoms with Gasteiger partial charge in [-0.2, -0.15) is 5.10 Å². The lowest BCUT2D eigenvalue weighted by atomic mass is 9.75. The number of Topliss-reactive ketones (excluding diaryl/α,β-unsaturated/α-hetero) is 1. The molecule has 1 aliphatic rings. The molecule has 3 N–H and O–H groups in total. The molecular formula is C34H40N6O2. The lowest BCUT2D eigenvalue weighted by Gasteiger charge is -2.31. The predicted octanol–water partition coefficient (Wildman–Crippen LogP) is 6.79. The van der Waals surface area contributed by atoms with E-state index in [0.29, 0.717) is 22.8 Å². The van der Waals surface area contributed by atoms with Gasteiger partial charge >= 0.3 is 6.03 Å². The van der Waals surface area contributed by atoms with Gasteiger partial charge in [-0.3, -0.25) is 15.1 Å². The maximum atomic E-state index is 14.1. The molecule has 0 bridgehead atoms. The van der Waals surface area contributed by atoms with Gasteiger partial charge in [0.15, 0.2) is 5.78 Å². The molecule has 0 saturated carbocycles. The number of pyridine rings is 1. The highest BCUT2D eigenvalue weighted by Crippen LogP contribution is 2.38. The van der Waals surface area contributed by atoms with Gasteiger partial charge in [0.2, 0.25) is 0 Å². The summed E-state index contributed by atoms with van der Waals surface area (Å²) in [5.74, 6) is 0.337. The Bertz CT molecular complexity index is 1560. The Morgan fingerprint density at radius 3 is 2.36 bits per heavy atom. The first-order valence-electron chi connectivity index (χ1n) is 14.6. The first kappa shape index (κ1) is 29.2. The molecule has 2 amide bonds. The number of para-hydroxylation sites is 1. The molecular weight excluding hydrogens is 524 g/mol. The lowest BCUT2D eigenvalue weighted by Crippen LogP contribution is -2.34. The first-order chi connectivity index (χ1) is 20.1. The average Bonchev–Trinajstić information content (AvgIpc) is 3.39. The molecule has 0 radical (unpaired) electrons. The fraction of sp³-hybridized carbons (Fsp3) is 0.353. The van der Waals surface area contributed by atoms with Crippen LogP contribution in [-0.2, 0) is 5.41 Å². The van der Waals surface area contributed by atoms with Gasteiger partial charge in [0, 0.05) is 34.6 Å². The van der Waals surface area contributed by atoms with Crippen molar-refractivity contribution in [2.24, 2.45) is 5.92 Å². The van der Waals surface area contributed by atoms with Crippen LogP contribution in [0.15, 0.2) is 72.9 Å². The number of rotatable bonds is 7. The molecule has 1 unspecified atom stereocenters. The minimum absolute atomic E-state index is 0.0365. The van der Waals surface area contributed by atoms with Crippen molar-refractivity contribution < 1.29 is 9.59 Å². The van der Waals surface area contributed by atoms with Gasteiger partial charge in [0.1, 0.15) is 5.82 Å². The minimum Gasteiger partial charge on any atom is -0.317 e. The number of carbonyl (C=O) groups excluding carboxylic acids is 2.